The van der Waals surface area contributed by atoms with Gasteiger partial charge in [-0.2, -0.15) is 0 Å². The van der Waals surface area contributed by atoms with Gasteiger partial charge in [-0.3, -0.25) is 4.79 Å². The molecule has 0 heterocycles. The van der Waals surface area contributed by atoms with E-state index >= 15 is 0 Å². The van der Waals surface area contributed by atoms with Crippen LogP contribution in [0.2, 0.25) is 0 Å². The summed E-state index contributed by atoms with van der Waals surface area (Å²) in [4.78, 5) is 11.5. The molecule has 0 saturated carbocycles. The Balaban J connectivity index is 2.21. The first-order valence-corrected chi connectivity index (χ1v) is 6.08. The zero-order chi connectivity index (χ0) is 12.7. The van der Waals surface area contributed by atoms with E-state index in [1.165, 1.54) is 0 Å². The number of carbonyl (C=O) groups is 1. The number of hydrogen-bond donors (Lipinski definition) is 1. The van der Waals surface area contributed by atoms with Crippen LogP contribution in [0.1, 0.15) is 27.2 Å². The lowest BCUT2D eigenvalue weighted by Crippen LogP contribution is -2.21. The molecular formula is C14H21NO2. The van der Waals surface area contributed by atoms with Crippen LogP contribution >= 0.6 is 0 Å². The fourth-order valence-electron chi connectivity index (χ4n) is 1.27. The summed E-state index contributed by atoms with van der Waals surface area (Å²) in [6.07, 6.45) is 0.380. The number of carbonyl (C=O) groups excluding carboxylic acids is 1. The quantitative estimate of drug-likeness (QED) is 0.770. The van der Waals surface area contributed by atoms with Crippen molar-refractivity contribution in [2.45, 2.75) is 33.3 Å². The van der Waals surface area contributed by atoms with E-state index in [9.17, 15) is 4.79 Å². The smallest absolute Gasteiger partial charge is 0.307 e. The molecule has 0 aliphatic carbocycles. The number of para-hydroxylation sites is 1. The maximum absolute atomic E-state index is 11.5. The number of benzene rings is 1. The van der Waals surface area contributed by atoms with Crippen LogP contribution in [0.3, 0.4) is 0 Å². The predicted molar refractivity (Wildman–Crippen MR) is 69.9 cm³/mol. The maximum Gasteiger partial charge on any atom is 0.307 e. The maximum atomic E-state index is 11.5. The van der Waals surface area contributed by atoms with Crippen molar-refractivity contribution in [3.05, 3.63) is 30.3 Å². The molecule has 1 aromatic rings. The summed E-state index contributed by atoms with van der Waals surface area (Å²) in [6.45, 7) is 6.61. The largest absolute Gasteiger partial charge is 0.462 e. The molecule has 0 bridgehead atoms. The molecule has 0 radical (unpaired) electrons. The zero-order valence-corrected chi connectivity index (χ0v) is 10.8. The molecule has 0 aliphatic heterocycles. The summed E-state index contributed by atoms with van der Waals surface area (Å²) < 4.78 is 5.27. The van der Waals surface area contributed by atoms with Crippen molar-refractivity contribution >= 4 is 11.7 Å². The molecule has 0 spiro atoms. The number of hydrogen-bond acceptors (Lipinski definition) is 3. The molecule has 1 aromatic carbocycles. The average molecular weight is 235 g/mol. The molecule has 17 heavy (non-hydrogen) atoms. The third kappa shape index (κ3) is 5.38. The van der Waals surface area contributed by atoms with Crippen LogP contribution in [-0.2, 0) is 9.53 Å². The third-order valence-electron chi connectivity index (χ3n) is 2.69. The van der Waals surface area contributed by atoms with Gasteiger partial charge in [-0.1, -0.05) is 32.0 Å². The number of nitrogens with one attached hydrogen (secondary N) is 1. The molecule has 1 atom stereocenters. The molecule has 1 rings (SSSR count). The van der Waals surface area contributed by atoms with Crippen LogP contribution in [0.4, 0.5) is 5.69 Å². The Bertz CT molecular complexity index is 335. The first-order valence-electron chi connectivity index (χ1n) is 6.08. The Morgan fingerprint density at radius 3 is 2.47 bits per heavy atom. The van der Waals surface area contributed by atoms with Gasteiger partial charge in [-0.15, -0.1) is 0 Å². The normalized spacial score (nSPS) is 12.2. The van der Waals surface area contributed by atoms with E-state index in [4.69, 9.17) is 4.74 Å². The van der Waals surface area contributed by atoms with Crippen LogP contribution in [0.5, 0.6) is 0 Å². The van der Waals surface area contributed by atoms with Gasteiger partial charge in [0.2, 0.25) is 0 Å². The van der Waals surface area contributed by atoms with Crippen LogP contribution in [0.25, 0.3) is 0 Å². The number of esters is 1. The summed E-state index contributed by atoms with van der Waals surface area (Å²) in [7, 11) is 0. The van der Waals surface area contributed by atoms with Crippen LogP contribution < -0.4 is 5.32 Å². The van der Waals surface area contributed by atoms with Crippen LogP contribution in [0, 0.1) is 5.92 Å². The van der Waals surface area contributed by atoms with Crippen LogP contribution in [-0.4, -0.2) is 18.6 Å². The monoisotopic (exact) mass is 235 g/mol. The van der Waals surface area contributed by atoms with Crippen molar-refractivity contribution in [2.75, 3.05) is 11.9 Å². The SMILES string of the molecule is CC(C)C(C)OC(=O)CCNc1ccccc1. The number of rotatable bonds is 6. The van der Waals surface area contributed by atoms with Gasteiger partial charge in [0.15, 0.2) is 0 Å². The van der Waals surface area contributed by atoms with Crippen molar-refractivity contribution < 1.29 is 9.53 Å². The first-order chi connectivity index (χ1) is 8.09. The van der Waals surface area contributed by atoms with Gasteiger partial charge >= 0.3 is 5.97 Å². The van der Waals surface area contributed by atoms with E-state index < -0.39 is 0 Å². The fourth-order valence-corrected chi connectivity index (χ4v) is 1.27. The first kappa shape index (κ1) is 13.6. The minimum Gasteiger partial charge on any atom is -0.462 e. The molecule has 3 heteroatoms. The van der Waals surface area contributed by atoms with Crippen molar-refractivity contribution in [1.82, 2.24) is 0 Å². The topological polar surface area (TPSA) is 38.3 Å². The summed E-state index contributed by atoms with van der Waals surface area (Å²) in [5.74, 6) is 0.218. The summed E-state index contributed by atoms with van der Waals surface area (Å²) in [5, 5.41) is 3.18. The van der Waals surface area contributed by atoms with Crippen molar-refractivity contribution in [3.8, 4) is 0 Å². The van der Waals surface area contributed by atoms with Crippen LogP contribution in [0.15, 0.2) is 30.3 Å². The highest BCUT2D eigenvalue weighted by Crippen LogP contribution is 2.07. The minimum atomic E-state index is -0.144. The van der Waals surface area contributed by atoms with Gasteiger partial charge in [0.05, 0.1) is 6.42 Å². The van der Waals surface area contributed by atoms with Gasteiger partial charge in [-0.05, 0) is 25.0 Å². The van der Waals surface area contributed by atoms with Crippen molar-refractivity contribution in [3.63, 3.8) is 0 Å². The molecule has 0 aliphatic rings. The standard InChI is InChI=1S/C14H21NO2/c1-11(2)12(3)17-14(16)9-10-15-13-7-5-4-6-8-13/h4-8,11-12,15H,9-10H2,1-3H3. The van der Waals surface area contributed by atoms with Crippen molar-refractivity contribution in [2.24, 2.45) is 5.92 Å². The van der Waals surface area contributed by atoms with E-state index in [0.29, 0.717) is 18.9 Å². The minimum absolute atomic E-state index is 0.0146. The Morgan fingerprint density at radius 2 is 1.88 bits per heavy atom. The van der Waals surface area contributed by atoms with Gasteiger partial charge in [0.1, 0.15) is 6.10 Å². The third-order valence-corrected chi connectivity index (χ3v) is 2.69. The fraction of sp³-hybridized carbons (Fsp3) is 0.500. The highest BCUT2D eigenvalue weighted by Gasteiger charge is 2.12. The molecule has 1 unspecified atom stereocenters. The Kier molecular flexibility index (Phi) is 5.53. The highest BCUT2D eigenvalue weighted by molar-refractivity contribution is 5.70. The molecule has 0 fully saturated rings. The Morgan fingerprint density at radius 1 is 1.24 bits per heavy atom. The molecule has 0 amide bonds. The average Bonchev–Trinajstić information content (AvgIpc) is 2.30. The summed E-state index contributed by atoms with van der Waals surface area (Å²) in [6, 6.07) is 9.83. The Labute approximate surface area is 103 Å². The molecule has 3 nitrogen and oxygen atoms in total. The number of ether oxygens (including phenoxy) is 1. The zero-order valence-electron chi connectivity index (χ0n) is 10.8. The van der Waals surface area contributed by atoms with E-state index in [1.54, 1.807) is 0 Å². The molecular weight excluding hydrogens is 214 g/mol. The molecule has 94 valence electrons. The lowest BCUT2D eigenvalue weighted by molar-refractivity contribution is -0.149. The lowest BCUT2D eigenvalue weighted by atomic mass is 10.1. The van der Waals surface area contributed by atoms with Gasteiger partial charge in [0.25, 0.3) is 0 Å². The van der Waals surface area contributed by atoms with E-state index in [2.05, 4.69) is 5.32 Å². The second-order valence-corrected chi connectivity index (χ2v) is 4.48. The Hall–Kier alpha value is -1.51. The summed E-state index contributed by atoms with van der Waals surface area (Å²) >= 11 is 0. The summed E-state index contributed by atoms with van der Waals surface area (Å²) in [5.41, 5.74) is 1.03. The second-order valence-electron chi connectivity index (χ2n) is 4.48. The molecule has 0 aromatic heterocycles. The molecule has 1 N–H and O–H groups in total. The molecule has 0 saturated heterocycles. The number of anilines is 1. The highest BCUT2D eigenvalue weighted by atomic mass is 16.5. The van der Waals surface area contributed by atoms with E-state index in [-0.39, 0.29) is 12.1 Å². The van der Waals surface area contributed by atoms with E-state index in [1.807, 2.05) is 51.1 Å². The van der Waals surface area contributed by atoms with Crippen molar-refractivity contribution in [1.29, 1.82) is 0 Å². The van der Waals surface area contributed by atoms with Gasteiger partial charge in [0, 0.05) is 12.2 Å². The van der Waals surface area contributed by atoms with Gasteiger partial charge < -0.3 is 10.1 Å². The lowest BCUT2D eigenvalue weighted by Gasteiger charge is -2.16. The van der Waals surface area contributed by atoms with E-state index in [0.717, 1.165) is 5.69 Å². The predicted octanol–water partition coefficient (Wildman–Crippen LogP) is 3.08. The van der Waals surface area contributed by atoms with Gasteiger partial charge in [-0.25, -0.2) is 0 Å². The second kappa shape index (κ2) is 6.94.